The molecule has 1 amide bonds. The molecule has 4 nitrogen and oxygen atoms in total. The van der Waals surface area contributed by atoms with Gasteiger partial charge in [-0.25, -0.2) is 0 Å². The third-order valence-corrected chi connectivity index (χ3v) is 4.92. The van der Waals surface area contributed by atoms with Crippen LogP contribution in [0.3, 0.4) is 0 Å². The number of aromatic nitrogens is 2. The van der Waals surface area contributed by atoms with E-state index < -0.39 is 0 Å². The molecule has 2 aromatic carbocycles. The molecule has 0 unspecified atom stereocenters. The number of nitrogens with one attached hydrogen (secondary N) is 1. The van der Waals surface area contributed by atoms with Crippen molar-refractivity contribution in [3.05, 3.63) is 65.4 Å². The average molecular weight is 355 g/mol. The number of hydrogen-bond acceptors (Lipinski definition) is 3. The maximum absolute atomic E-state index is 12.6. The van der Waals surface area contributed by atoms with Crippen molar-refractivity contribution in [1.82, 2.24) is 10.2 Å². The van der Waals surface area contributed by atoms with Crippen molar-refractivity contribution in [3.8, 4) is 11.8 Å². The van der Waals surface area contributed by atoms with Crippen LogP contribution in [0.5, 0.6) is 0 Å². The first kappa shape index (κ1) is 17.2. The van der Waals surface area contributed by atoms with E-state index >= 15 is 0 Å². The maximum atomic E-state index is 12.6. The number of carbonyl (C=O) groups excluding carboxylic acids is 1. The van der Waals surface area contributed by atoms with Crippen LogP contribution in [0.25, 0.3) is 10.9 Å². The van der Waals surface area contributed by atoms with E-state index in [9.17, 15) is 4.79 Å². The Labute approximate surface area is 159 Å². The van der Waals surface area contributed by atoms with Crippen molar-refractivity contribution in [2.45, 2.75) is 32.6 Å². The lowest BCUT2D eigenvalue weighted by atomic mass is 10.1. The SMILES string of the molecule is Cc1cc2c(NC(=O)c3ccc(C#CC4CCCC4)cc3)cccc2nn1. The van der Waals surface area contributed by atoms with Crippen LogP contribution >= 0.6 is 0 Å². The molecule has 1 fully saturated rings. The van der Waals surface area contributed by atoms with Crippen molar-refractivity contribution in [1.29, 1.82) is 0 Å². The summed E-state index contributed by atoms with van der Waals surface area (Å²) in [6.45, 7) is 1.89. The third kappa shape index (κ3) is 3.98. The average Bonchev–Trinajstić information content (AvgIpc) is 3.21. The fraction of sp³-hybridized carbons (Fsp3) is 0.261. The zero-order valence-electron chi connectivity index (χ0n) is 15.3. The van der Waals surface area contributed by atoms with Crippen molar-refractivity contribution in [3.63, 3.8) is 0 Å². The highest BCUT2D eigenvalue weighted by Gasteiger charge is 2.12. The van der Waals surface area contributed by atoms with Gasteiger partial charge in [-0.3, -0.25) is 4.79 Å². The summed E-state index contributed by atoms with van der Waals surface area (Å²) in [6, 6.07) is 15.0. The predicted molar refractivity (Wildman–Crippen MR) is 108 cm³/mol. The van der Waals surface area contributed by atoms with Crippen LogP contribution in [-0.4, -0.2) is 16.1 Å². The summed E-state index contributed by atoms with van der Waals surface area (Å²) in [5.74, 6) is 6.97. The lowest BCUT2D eigenvalue weighted by molar-refractivity contribution is 0.102. The summed E-state index contributed by atoms with van der Waals surface area (Å²) in [4.78, 5) is 12.6. The molecule has 0 atom stereocenters. The molecule has 1 aliphatic rings. The van der Waals surface area contributed by atoms with Gasteiger partial charge in [-0.1, -0.05) is 30.7 Å². The van der Waals surface area contributed by atoms with Crippen molar-refractivity contribution in [2.75, 3.05) is 5.32 Å². The first-order valence-corrected chi connectivity index (χ1v) is 9.35. The second kappa shape index (κ2) is 7.59. The van der Waals surface area contributed by atoms with Crippen molar-refractivity contribution >= 4 is 22.5 Å². The summed E-state index contributed by atoms with van der Waals surface area (Å²) in [7, 11) is 0. The molecule has 0 radical (unpaired) electrons. The van der Waals surface area contributed by atoms with Crippen LogP contribution in [-0.2, 0) is 0 Å². The van der Waals surface area contributed by atoms with Gasteiger partial charge in [-0.15, -0.1) is 0 Å². The highest BCUT2D eigenvalue weighted by molar-refractivity contribution is 6.08. The van der Waals surface area contributed by atoms with E-state index in [1.165, 1.54) is 25.7 Å². The zero-order chi connectivity index (χ0) is 18.6. The van der Waals surface area contributed by atoms with E-state index in [4.69, 9.17) is 0 Å². The number of benzene rings is 2. The Morgan fingerprint density at radius 3 is 2.63 bits per heavy atom. The standard InChI is InChI=1S/C23H21N3O/c1-16-15-20-21(7-4-8-22(20)26-25-16)24-23(27)19-13-11-18(12-14-19)10-9-17-5-2-3-6-17/h4,7-8,11-15,17H,2-3,5-6H2,1H3,(H,24,27). The molecule has 0 aliphatic heterocycles. The smallest absolute Gasteiger partial charge is 0.255 e. The normalized spacial score (nSPS) is 14.0. The van der Waals surface area contributed by atoms with Gasteiger partial charge in [0, 0.05) is 22.4 Å². The van der Waals surface area contributed by atoms with Crippen LogP contribution in [0.4, 0.5) is 5.69 Å². The quantitative estimate of drug-likeness (QED) is 0.676. The second-order valence-corrected chi connectivity index (χ2v) is 7.01. The Morgan fingerprint density at radius 2 is 1.85 bits per heavy atom. The Balaban J connectivity index is 1.51. The van der Waals surface area contributed by atoms with E-state index in [1.54, 1.807) is 0 Å². The minimum absolute atomic E-state index is 0.146. The minimum Gasteiger partial charge on any atom is -0.321 e. The van der Waals surface area contributed by atoms with Crippen molar-refractivity contribution < 1.29 is 4.79 Å². The maximum Gasteiger partial charge on any atom is 0.255 e. The van der Waals surface area contributed by atoms with E-state index in [0.29, 0.717) is 11.5 Å². The first-order valence-electron chi connectivity index (χ1n) is 9.35. The first-order chi connectivity index (χ1) is 13.2. The van der Waals surface area contributed by atoms with Crippen molar-refractivity contribution in [2.24, 2.45) is 5.92 Å². The summed E-state index contributed by atoms with van der Waals surface area (Å²) >= 11 is 0. The lowest BCUT2D eigenvalue weighted by Gasteiger charge is -2.08. The summed E-state index contributed by atoms with van der Waals surface area (Å²) < 4.78 is 0. The van der Waals surface area contributed by atoms with Crippen LogP contribution < -0.4 is 5.32 Å². The van der Waals surface area contributed by atoms with Gasteiger partial charge in [0.05, 0.1) is 16.9 Å². The van der Waals surface area contributed by atoms with Gasteiger partial charge >= 0.3 is 0 Å². The van der Waals surface area contributed by atoms with Gasteiger partial charge in [0.2, 0.25) is 0 Å². The monoisotopic (exact) mass is 355 g/mol. The Morgan fingerprint density at radius 1 is 1.07 bits per heavy atom. The molecule has 1 saturated carbocycles. The molecule has 3 aromatic rings. The van der Waals surface area contributed by atoms with E-state index in [2.05, 4.69) is 27.4 Å². The third-order valence-electron chi connectivity index (χ3n) is 4.92. The van der Waals surface area contributed by atoms with Gasteiger partial charge in [0.25, 0.3) is 5.91 Å². The van der Waals surface area contributed by atoms with Crippen LogP contribution in [0.1, 0.15) is 47.3 Å². The minimum atomic E-state index is -0.146. The van der Waals surface area contributed by atoms with Gasteiger partial charge in [0.1, 0.15) is 0 Å². The number of aryl methyl sites for hydroxylation is 1. The molecular formula is C23H21N3O. The number of amides is 1. The van der Waals surface area contributed by atoms with E-state index in [1.807, 2.05) is 55.5 Å². The van der Waals surface area contributed by atoms with Gasteiger partial charge in [-0.2, -0.15) is 10.2 Å². The molecule has 1 aromatic heterocycles. The molecule has 4 heteroatoms. The lowest BCUT2D eigenvalue weighted by Crippen LogP contribution is -2.12. The summed E-state index contributed by atoms with van der Waals surface area (Å²) in [5, 5.41) is 12.1. The Bertz CT molecular complexity index is 1040. The van der Waals surface area contributed by atoms with Gasteiger partial charge in [-0.05, 0) is 62.2 Å². The molecule has 1 heterocycles. The number of rotatable bonds is 2. The number of hydrogen-bond donors (Lipinski definition) is 1. The molecule has 1 N–H and O–H groups in total. The number of anilines is 1. The predicted octanol–water partition coefficient (Wildman–Crippen LogP) is 4.73. The number of fused-ring (bicyclic) bond motifs is 1. The number of nitrogens with zero attached hydrogens (tertiary/aromatic N) is 2. The van der Waals surface area contributed by atoms with Crippen LogP contribution in [0.2, 0.25) is 0 Å². The molecule has 0 bridgehead atoms. The fourth-order valence-corrected chi connectivity index (χ4v) is 3.43. The summed E-state index contributed by atoms with van der Waals surface area (Å²) in [6.07, 6.45) is 5.00. The molecule has 1 aliphatic carbocycles. The van der Waals surface area contributed by atoms with Crippen LogP contribution in [0, 0.1) is 24.7 Å². The highest BCUT2D eigenvalue weighted by Crippen LogP contribution is 2.24. The van der Waals surface area contributed by atoms with Crippen LogP contribution in [0.15, 0.2) is 48.5 Å². The topological polar surface area (TPSA) is 54.9 Å². The zero-order valence-corrected chi connectivity index (χ0v) is 15.3. The molecule has 0 saturated heterocycles. The molecule has 0 spiro atoms. The largest absolute Gasteiger partial charge is 0.321 e. The molecule has 27 heavy (non-hydrogen) atoms. The van der Waals surface area contributed by atoms with Gasteiger partial charge < -0.3 is 5.32 Å². The summed E-state index contributed by atoms with van der Waals surface area (Å²) in [5.41, 5.74) is 3.87. The Hall–Kier alpha value is -3.19. The molecule has 4 rings (SSSR count). The second-order valence-electron chi connectivity index (χ2n) is 7.01. The Kier molecular flexibility index (Phi) is 4.84. The highest BCUT2D eigenvalue weighted by atomic mass is 16.1. The molecular weight excluding hydrogens is 334 g/mol. The number of carbonyl (C=O) groups is 1. The van der Waals surface area contributed by atoms with E-state index in [0.717, 1.165) is 27.8 Å². The van der Waals surface area contributed by atoms with E-state index in [-0.39, 0.29) is 5.91 Å². The van der Waals surface area contributed by atoms with Gasteiger partial charge in [0.15, 0.2) is 0 Å². The fourth-order valence-electron chi connectivity index (χ4n) is 3.43. The molecule has 134 valence electrons.